The van der Waals surface area contributed by atoms with Gasteiger partial charge < -0.3 is 10.1 Å². The van der Waals surface area contributed by atoms with E-state index in [-0.39, 0.29) is 6.04 Å². The van der Waals surface area contributed by atoms with Crippen molar-refractivity contribution in [2.24, 2.45) is 5.92 Å². The normalized spacial score (nSPS) is 23.7. The van der Waals surface area contributed by atoms with Gasteiger partial charge in [0.2, 0.25) is 0 Å². The summed E-state index contributed by atoms with van der Waals surface area (Å²) in [6, 6.07) is 14.9. The number of allylic oxidation sites excluding steroid dienone is 2. The van der Waals surface area contributed by atoms with Crippen LogP contribution >= 0.6 is 11.6 Å². The SMILES string of the molecule is CCCCOc1cccc2c1NC(c1cccc(Cl)c1)C1CC=CC21. The van der Waals surface area contributed by atoms with Crippen molar-refractivity contribution in [1.82, 2.24) is 0 Å². The molecular weight excluding hydrogens is 330 g/mol. The smallest absolute Gasteiger partial charge is 0.142 e. The maximum absolute atomic E-state index is 6.25. The maximum Gasteiger partial charge on any atom is 0.142 e. The lowest BCUT2D eigenvalue weighted by Gasteiger charge is -2.38. The van der Waals surface area contributed by atoms with Crippen LogP contribution in [0.4, 0.5) is 5.69 Å². The zero-order chi connectivity index (χ0) is 17.2. The zero-order valence-electron chi connectivity index (χ0n) is 14.5. The molecule has 2 nitrogen and oxygen atoms in total. The Balaban J connectivity index is 1.71. The number of anilines is 1. The molecule has 1 heterocycles. The van der Waals surface area contributed by atoms with E-state index in [2.05, 4.69) is 54.7 Å². The molecule has 0 amide bonds. The van der Waals surface area contributed by atoms with Gasteiger partial charge in [-0.1, -0.05) is 61.4 Å². The number of rotatable bonds is 5. The number of nitrogens with one attached hydrogen (secondary N) is 1. The first-order chi connectivity index (χ1) is 12.3. The summed E-state index contributed by atoms with van der Waals surface area (Å²) in [5, 5.41) is 4.58. The Bertz CT molecular complexity index is 785. The lowest BCUT2D eigenvalue weighted by molar-refractivity contribution is 0.308. The molecule has 2 aromatic carbocycles. The van der Waals surface area contributed by atoms with E-state index < -0.39 is 0 Å². The summed E-state index contributed by atoms with van der Waals surface area (Å²) in [7, 11) is 0. The van der Waals surface area contributed by atoms with Crippen LogP contribution < -0.4 is 10.1 Å². The molecule has 2 aliphatic rings. The van der Waals surface area contributed by atoms with Gasteiger partial charge in [-0.15, -0.1) is 0 Å². The van der Waals surface area contributed by atoms with Gasteiger partial charge in [-0.2, -0.15) is 0 Å². The van der Waals surface area contributed by atoms with E-state index in [4.69, 9.17) is 16.3 Å². The third-order valence-corrected chi connectivity index (χ3v) is 5.56. The minimum atomic E-state index is 0.252. The van der Waals surface area contributed by atoms with E-state index in [0.29, 0.717) is 11.8 Å². The van der Waals surface area contributed by atoms with Gasteiger partial charge in [0.25, 0.3) is 0 Å². The summed E-state index contributed by atoms with van der Waals surface area (Å²) in [6.45, 7) is 2.95. The van der Waals surface area contributed by atoms with E-state index in [0.717, 1.165) is 42.3 Å². The summed E-state index contributed by atoms with van der Waals surface area (Å²) in [5.41, 5.74) is 3.75. The number of benzene rings is 2. The summed E-state index contributed by atoms with van der Waals surface area (Å²) in [6.07, 6.45) is 7.98. The molecule has 3 heteroatoms. The van der Waals surface area contributed by atoms with Crippen molar-refractivity contribution in [1.29, 1.82) is 0 Å². The van der Waals surface area contributed by atoms with Gasteiger partial charge in [0, 0.05) is 10.9 Å². The van der Waals surface area contributed by atoms with E-state index >= 15 is 0 Å². The average molecular weight is 354 g/mol. The van der Waals surface area contributed by atoms with Crippen molar-refractivity contribution in [3.05, 3.63) is 70.8 Å². The van der Waals surface area contributed by atoms with Crippen molar-refractivity contribution in [2.45, 2.75) is 38.1 Å². The molecule has 0 spiro atoms. The molecule has 3 unspecified atom stereocenters. The highest BCUT2D eigenvalue weighted by atomic mass is 35.5. The van der Waals surface area contributed by atoms with Crippen LogP contribution in [0.3, 0.4) is 0 Å². The van der Waals surface area contributed by atoms with Gasteiger partial charge in [-0.05, 0) is 48.1 Å². The Morgan fingerprint density at radius 2 is 2.08 bits per heavy atom. The Hall–Kier alpha value is -1.93. The fourth-order valence-corrected chi connectivity index (χ4v) is 4.27. The molecule has 2 aromatic rings. The van der Waals surface area contributed by atoms with Crippen LogP contribution in [-0.4, -0.2) is 6.61 Å². The van der Waals surface area contributed by atoms with Crippen LogP contribution in [-0.2, 0) is 0 Å². The predicted octanol–water partition coefficient (Wildman–Crippen LogP) is 6.35. The molecule has 0 bridgehead atoms. The van der Waals surface area contributed by atoms with E-state index in [1.54, 1.807) is 0 Å². The van der Waals surface area contributed by atoms with Crippen LogP contribution in [0, 0.1) is 5.92 Å². The summed E-state index contributed by atoms with van der Waals surface area (Å²) >= 11 is 6.25. The van der Waals surface area contributed by atoms with Crippen LogP contribution in [0.2, 0.25) is 5.02 Å². The second kappa shape index (κ2) is 7.13. The molecule has 0 saturated carbocycles. The number of ether oxygens (including phenoxy) is 1. The Kier molecular flexibility index (Phi) is 4.72. The lowest BCUT2D eigenvalue weighted by atomic mass is 9.77. The van der Waals surface area contributed by atoms with Gasteiger partial charge in [0.1, 0.15) is 5.75 Å². The quantitative estimate of drug-likeness (QED) is 0.499. The van der Waals surface area contributed by atoms with E-state index in [1.807, 2.05) is 12.1 Å². The molecule has 0 aromatic heterocycles. The number of hydrogen-bond donors (Lipinski definition) is 1. The molecule has 3 atom stereocenters. The van der Waals surface area contributed by atoms with Crippen molar-refractivity contribution >= 4 is 17.3 Å². The summed E-state index contributed by atoms with van der Waals surface area (Å²) in [5.74, 6) is 1.93. The number of hydrogen-bond acceptors (Lipinski definition) is 2. The van der Waals surface area contributed by atoms with Gasteiger partial charge in [0.05, 0.1) is 18.3 Å². The Morgan fingerprint density at radius 1 is 1.20 bits per heavy atom. The number of halogens is 1. The first-order valence-electron chi connectivity index (χ1n) is 9.22. The van der Waals surface area contributed by atoms with Gasteiger partial charge in [-0.3, -0.25) is 0 Å². The second-order valence-corrected chi connectivity index (χ2v) is 7.39. The molecule has 0 saturated heterocycles. The van der Waals surface area contributed by atoms with Crippen LogP contribution in [0.1, 0.15) is 49.3 Å². The first kappa shape index (κ1) is 16.5. The van der Waals surface area contributed by atoms with Crippen molar-refractivity contribution in [2.75, 3.05) is 11.9 Å². The van der Waals surface area contributed by atoms with E-state index in [9.17, 15) is 0 Å². The maximum atomic E-state index is 6.25. The molecule has 0 radical (unpaired) electrons. The van der Waals surface area contributed by atoms with E-state index in [1.165, 1.54) is 11.1 Å². The molecule has 1 N–H and O–H groups in total. The lowest BCUT2D eigenvalue weighted by Crippen LogP contribution is -2.29. The molecule has 25 heavy (non-hydrogen) atoms. The predicted molar refractivity (Wildman–Crippen MR) is 105 cm³/mol. The third kappa shape index (κ3) is 3.16. The standard InChI is InChI=1S/C22H24ClNO/c1-2-3-13-25-20-12-6-11-19-17-9-5-10-18(17)21(24-22(19)20)15-7-4-8-16(23)14-15/h4-9,11-12,14,17-18,21,24H,2-3,10,13H2,1H3. The molecule has 1 aliphatic heterocycles. The van der Waals surface area contributed by atoms with Crippen molar-refractivity contribution in [3.63, 3.8) is 0 Å². The molecule has 0 fully saturated rings. The largest absolute Gasteiger partial charge is 0.491 e. The topological polar surface area (TPSA) is 21.3 Å². The van der Waals surface area contributed by atoms with Crippen LogP contribution in [0.5, 0.6) is 5.75 Å². The highest BCUT2D eigenvalue weighted by Crippen LogP contribution is 2.52. The third-order valence-electron chi connectivity index (χ3n) is 5.32. The van der Waals surface area contributed by atoms with Crippen LogP contribution in [0.15, 0.2) is 54.6 Å². The van der Waals surface area contributed by atoms with Crippen LogP contribution in [0.25, 0.3) is 0 Å². The average Bonchev–Trinajstić information content (AvgIpc) is 3.11. The van der Waals surface area contributed by atoms with Gasteiger partial charge in [0.15, 0.2) is 0 Å². The molecular formula is C22H24ClNO. The van der Waals surface area contributed by atoms with Gasteiger partial charge in [-0.25, -0.2) is 0 Å². The first-order valence-corrected chi connectivity index (χ1v) is 9.60. The number of fused-ring (bicyclic) bond motifs is 3. The highest BCUT2D eigenvalue weighted by Gasteiger charge is 2.38. The van der Waals surface area contributed by atoms with Gasteiger partial charge >= 0.3 is 0 Å². The minimum Gasteiger partial charge on any atom is -0.491 e. The number of unbranched alkanes of at least 4 members (excludes halogenated alkanes) is 1. The zero-order valence-corrected chi connectivity index (χ0v) is 15.3. The Morgan fingerprint density at radius 3 is 2.92 bits per heavy atom. The Labute approximate surface area is 154 Å². The van der Waals surface area contributed by atoms with Crippen molar-refractivity contribution < 1.29 is 4.74 Å². The molecule has 1 aliphatic carbocycles. The second-order valence-electron chi connectivity index (χ2n) is 6.95. The highest BCUT2D eigenvalue weighted by molar-refractivity contribution is 6.30. The summed E-state index contributed by atoms with van der Waals surface area (Å²) < 4.78 is 6.09. The summed E-state index contributed by atoms with van der Waals surface area (Å²) in [4.78, 5) is 0. The molecule has 130 valence electrons. The fraction of sp³-hybridized carbons (Fsp3) is 0.364. The fourth-order valence-electron chi connectivity index (χ4n) is 4.07. The monoisotopic (exact) mass is 353 g/mol. The van der Waals surface area contributed by atoms with Crippen molar-refractivity contribution in [3.8, 4) is 5.75 Å². The number of para-hydroxylation sites is 1. The molecule has 4 rings (SSSR count). The minimum absolute atomic E-state index is 0.252.